The molecule has 0 spiro atoms. The van der Waals surface area contributed by atoms with Gasteiger partial charge in [-0.3, -0.25) is 4.90 Å². The Morgan fingerprint density at radius 2 is 2.27 bits per heavy atom. The van der Waals surface area contributed by atoms with E-state index < -0.39 is 0 Å². The summed E-state index contributed by atoms with van der Waals surface area (Å²) < 4.78 is 17.2. The number of furan rings is 1. The van der Waals surface area contributed by atoms with Crippen molar-refractivity contribution in [2.75, 3.05) is 19.7 Å². The molecule has 118 valence electrons. The first kappa shape index (κ1) is 14.0. The average Bonchev–Trinajstić information content (AvgIpc) is 3.18. The molecule has 6 heteroatoms. The molecule has 4 heterocycles. The summed E-state index contributed by atoms with van der Waals surface area (Å²) in [7, 11) is 0. The van der Waals surface area contributed by atoms with E-state index in [0.29, 0.717) is 23.8 Å². The molecular weight excluding hydrogens is 282 g/mol. The molecule has 0 N–H and O–H groups in total. The molecule has 0 radical (unpaired) electrons. The second-order valence-electron chi connectivity index (χ2n) is 6.23. The molecule has 0 amide bonds. The van der Waals surface area contributed by atoms with Crippen LogP contribution in [0.2, 0.25) is 0 Å². The Bertz CT molecular complexity index is 610. The van der Waals surface area contributed by atoms with E-state index in [9.17, 15) is 0 Å². The molecule has 0 saturated carbocycles. The molecule has 6 nitrogen and oxygen atoms in total. The number of hydrogen-bond acceptors (Lipinski definition) is 6. The summed E-state index contributed by atoms with van der Waals surface area (Å²) in [5.41, 5.74) is 0. The lowest BCUT2D eigenvalue weighted by molar-refractivity contribution is -0.0827. The second kappa shape index (κ2) is 5.85. The van der Waals surface area contributed by atoms with E-state index >= 15 is 0 Å². The normalized spacial score (nSPS) is 29.4. The Labute approximate surface area is 129 Å². The van der Waals surface area contributed by atoms with Crippen LogP contribution in [0.4, 0.5) is 0 Å². The van der Waals surface area contributed by atoms with E-state index in [1.807, 2.05) is 19.1 Å². The molecule has 2 saturated heterocycles. The van der Waals surface area contributed by atoms with Gasteiger partial charge in [0.15, 0.2) is 0 Å². The van der Waals surface area contributed by atoms with Crippen LogP contribution >= 0.6 is 0 Å². The summed E-state index contributed by atoms with van der Waals surface area (Å²) in [6, 6.07) is 3.97. The van der Waals surface area contributed by atoms with Crippen molar-refractivity contribution >= 4 is 0 Å². The first-order valence-electron chi connectivity index (χ1n) is 7.96. The molecule has 2 aromatic heterocycles. The largest absolute Gasteiger partial charge is 0.468 e. The van der Waals surface area contributed by atoms with Crippen molar-refractivity contribution in [3.8, 4) is 0 Å². The predicted molar refractivity (Wildman–Crippen MR) is 78.2 cm³/mol. The fourth-order valence-corrected chi connectivity index (χ4v) is 3.72. The van der Waals surface area contributed by atoms with Gasteiger partial charge in [-0.2, -0.15) is 0 Å². The van der Waals surface area contributed by atoms with E-state index in [2.05, 4.69) is 15.1 Å². The topological polar surface area (TPSA) is 64.5 Å². The maximum Gasteiger partial charge on any atom is 0.220 e. The van der Waals surface area contributed by atoms with Gasteiger partial charge in [-0.25, -0.2) is 0 Å². The van der Waals surface area contributed by atoms with Gasteiger partial charge in [-0.15, -0.1) is 10.2 Å². The number of piperidine rings is 1. The zero-order valence-electron chi connectivity index (χ0n) is 12.8. The third kappa shape index (κ3) is 2.68. The quantitative estimate of drug-likeness (QED) is 0.867. The maximum absolute atomic E-state index is 5.98. The van der Waals surface area contributed by atoms with Crippen molar-refractivity contribution in [3.05, 3.63) is 35.9 Å². The van der Waals surface area contributed by atoms with Gasteiger partial charge in [-0.1, -0.05) is 0 Å². The zero-order valence-corrected chi connectivity index (χ0v) is 12.8. The van der Waals surface area contributed by atoms with Gasteiger partial charge in [0.05, 0.1) is 18.9 Å². The number of aryl methyl sites for hydroxylation is 1. The summed E-state index contributed by atoms with van der Waals surface area (Å²) in [5.74, 6) is 3.15. The molecule has 3 atom stereocenters. The summed E-state index contributed by atoms with van der Waals surface area (Å²) in [6.45, 7) is 5.50. The summed E-state index contributed by atoms with van der Waals surface area (Å²) in [6.07, 6.45) is 4.04. The van der Waals surface area contributed by atoms with E-state index in [4.69, 9.17) is 13.6 Å². The van der Waals surface area contributed by atoms with Crippen molar-refractivity contribution < 1.29 is 13.6 Å². The van der Waals surface area contributed by atoms with Gasteiger partial charge >= 0.3 is 0 Å². The number of aromatic nitrogens is 2. The van der Waals surface area contributed by atoms with Crippen LogP contribution < -0.4 is 0 Å². The minimum Gasteiger partial charge on any atom is -0.468 e. The third-order valence-corrected chi connectivity index (χ3v) is 4.77. The Morgan fingerprint density at radius 1 is 1.32 bits per heavy atom. The van der Waals surface area contributed by atoms with Crippen LogP contribution in [0.15, 0.2) is 27.2 Å². The predicted octanol–water partition coefficient (Wildman–Crippen LogP) is 2.37. The molecule has 0 bridgehead atoms. The lowest BCUT2D eigenvalue weighted by atomic mass is 9.79. The lowest BCUT2D eigenvalue weighted by Crippen LogP contribution is -2.48. The molecule has 4 rings (SSSR count). The number of rotatable bonds is 3. The standard InChI is InChI=1S/C16H21N3O3/c1-11-17-18-16(22-11)13-5-8-21-15-4-6-19(10-14(13)15)9-12-3-2-7-20-12/h2-3,7,13-15H,4-6,8-10H2,1H3/t13-,14-,15-/m1/s1. The van der Waals surface area contributed by atoms with E-state index in [1.165, 1.54) is 0 Å². The van der Waals surface area contributed by atoms with Crippen molar-refractivity contribution in [1.82, 2.24) is 15.1 Å². The highest BCUT2D eigenvalue weighted by Gasteiger charge is 2.41. The molecule has 0 aromatic carbocycles. The molecule has 0 aliphatic carbocycles. The number of hydrogen-bond donors (Lipinski definition) is 0. The monoisotopic (exact) mass is 303 g/mol. The van der Waals surface area contributed by atoms with Crippen molar-refractivity contribution in [1.29, 1.82) is 0 Å². The molecule has 22 heavy (non-hydrogen) atoms. The molecule has 2 aliphatic rings. The highest BCUT2D eigenvalue weighted by atomic mass is 16.5. The fraction of sp³-hybridized carbons (Fsp3) is 0.625. The van der Waals surface area contributed by atoms with Gasteiger partial charge in [0.25, 0.3) is 0 Å². The van der Waals surface area contributed by atoms with Gasteiger partial charge in [0, 0.05) is 38.5 Å². The minimum absolute atomic E-state index is 0.304. The second-order valence-corrected chi connectivity index (χ2v) is 6.23. The van der Waals surface area contributed by atoms with Crippen LogP contribution in [0.5, 0.6) is 0 Å². The third-order valence-electron chi connectivity index (χ3n) is 4.77. The van der Waals surface area contributed by atoms with Gasteiger partial charge in [-0.05, 0) is 25.0 Å². The van der Waals surface area contributed by atoms with Crippen molar-refractivity contribution in [2.24, 2.45) is 5.92 Å². The highest BCUT2D eigenvalue weighted by Crippen LogP contribution is 2.39. The van der Waals surface area contributed by atoms with Crippen molar-refractivity contribution in [2.45, 2.75) is 38.3 Å². The lowest BCUT2D eigenvalue weighted by Gasteiger charge is -2.43. The number of ether oxygens (including phenoxy) is 1. The SMILES string of the molecule is Cc1nnc([C@@H]2CCO[C@@H]3CCN(Cc4ccco4)C[C@@H]32)o1. The van der Waals surface area contributed by atoms with E-state index in [-0.39, 0.29) is 0 Å². The van der Waals surface area contributed by atoms with Crippen LogP contribution in [0.3, 0.4) is 0 Å². The van der Waals surface area contributed by atoms with Crippen LogP contribution in [0, 0.1) is 12.8 Å². The smallest absolute Gasteiger partial charge is 0.220 e. The Hall–Kier alpha value is -1.66. The van der Waals surface area contributed by atoms with Gasteiger partial charge < -0.3 is 13.6 Å². The Morgan fingerprint density at radius 3 is 3.05 bits per heavy atom. The van der Waals surface area contributed by atoms with Crippen LogP contribution in [0.1, 0.15) is 36.3 Å². The molecule has 0 unspecified atom stereocenters. The van der Waals surface area contributed by atoms with Crippen molar-refractivity contribution in [3.63, 3.8) is 0 Å². The molecule has 2 aliphatic heterocycles. The Kier molecular flexibility index (Phi) is 3.72. The minimum atomic E-state index is 0.304. The van der Waals surface area contributed by atoms with Gasteiger partial charge in [0.1, 0.15) is 5.76 Å². The zero-order chi connectivity index (χ0) is 14.9. The number of nitrogens with zero attached hydrogens (tertiary/aromatic N) is 3. The average molecular weight is 303 g/mol. The summed E-state index contributed by atoms with van der Waals surface area (Å²) in [4.78, 5) is 2.44. The Balaban J connectivity index is 1.50. The summed E-state index contributed by atoms with van der Waals surface area (Å²) >= 11 is 0. The highest BCUT2D eigenvalue weighted by molar-refractivity contribution is 5.03. The van der Waals surface area contributed by atoms with E-state index in [0.717, 1.165) is 50.7 Å². The maximum atomic E-state index is 5.98. The first-order chi connectivity index (χ1) is 10.8. The first-order valence-corrected chi connectivity index (χ1v) is 7.96. The summed E-state index contributed by atoms with van der Waals surface area (Å²) in [5, 5.41) is 8.25. The fourth-order valence-electron chi connectivity index (χ4n) is 3.72. The van der Waals surface area contributed by atoms with Crippen LogP contribution in [0.25, 0.3) is 0 Å². The number of fused-ring (bicyclic) bond motifs is 1. The van der Waals surface area contributed by atoms with Gasteiger partial charge in [0.2, 0.25) is 11.8 Å². The van der Waals surface area contributed by atoms with Crippen LogP contribution in [-0.4, -0.2) is 40.9 Å². The van der Waals surface area contributed by atoms with Crippen LogP contribution in [-0.2, 0) is 11.3 Å². The molecule has 2 fully saturated rings. The van der Waals surface area contributed by atoms with E-state index in [1.54, 1.807) is 6.26 Å². The molecule has 2 aromatic rings. The number of likely N-dealkylation sites (tertiary alicyclic amines) is 1. The molecular formula is C16H21N3O3.